The van der Waals surface area contributed by atoms with Crippen molar-refractivity contribution in [1.29, 1.82) is 0 Å². The number of hydrogen-bond donors (Lipinski definition) is 1. The van der Waals surface area contributed by atoms with Crippen LogP contribution in [0, 0.1) is 12.8 Å². The smallest absolute Gasteiger partial charge is 0.343 e. The monoisotopic (exact) mass is 393 g/mol. The molecule has 2 aliphatic rings. The lowest BCUT2D eigenvalue weighted by Crippen LogP contribution is -2.50. The maximum Gasteiger partial charge on any atom is 0.391 e. The van der Waals surface area contributed by atoms with E-state index in [0.717, 1.165) is 0 Å². The van der Waals surface area contributed by atoms with Crippen molar-refractivity contribution in [3.05, 3.63) is 33.3 Å². The molecular weight excluding hydrogens is 378 g/mol. The van der Waals surface area contributed by atoms with Crippen molar-refractivity contribution in [3.8, 4) is 0 Å². The fourth-order valence-corrected chi connectivity index (χ4v) is 4.24. The Hall–Kier alpha value is -1.27. The summed E-state index contributed by atoms with van der Waals surface area (Å²) in [6.45, 7) is 1.74. The van der Waals surface area contributed by atoms with Crippen LogP contribution in [-0.4, -0.2) is 23.4 Å². The molecule has 1 aromatic carbocycles. The number of carbonyl (C=O) groups excluding carboxylic acids is 2. The average Bonchev–Trinajstić information content (AvgIpc) is 2.74. The van der Waals surface area contributed by atoms with Crippen molar-refractivity contribution in [2.75, 3.05) is 0 Å². The van der Waals surface area contributed by atoms with E-state index in [0.29, 0.717) is 16.1 Å². The molecule has 1 aliphatic heterocycles. The normalized spacial score (nSPS) is 30.0. The van der Waals surface area contributed by atoms with E-state index in [1.165, 1.54) is 6.07 Å². The fraction of sp³-hybridized carbons (Fsp3) is 0.529. The van der Waals surface area contributed by atoms with E-state index in [4.69, 9.17) is 23.2 Å². The Balaban J connectivity index is 1.88. The zero-order chi connectivity index (χ0) is 18.6. The van der Waals surface area contributed by atoms with Gasteiger partial charge in [0.15, 0.2) is 5.78 Å². The molecule has 25 heavy (non-hydrogen) atoms. The number of Topliss-reactive ketones (excluding diaryl/α,β-unsaturated/α-hetero) is 1. The molecule has 0 bridgehead atoms. The predicted octanol–water partition coefficient (Wildman–Crippen LogP) is 4.58. The summed E-state index contributed by atoms with van der Waals surface area (Å²) >= 11 is 12.3. The van der Waals surface area contributed by atoms with E-state index in [2.05, 4.69) is 5.32 Å². The molecule has 1 amide bonds. The largest absolute Gasteiger partial charge is 0.391 e. The molecule has 8 heteroatoms. The summed E-state index contributed by atoms with van der Waals surface area (Å²) in [7, 11) is 0. The number of amides is 1. The van der Waals surface area contributed by atoms with Crippen LogP contribution in [0.15, 0.2) is 12.1 Å². The van der Waals surface area contributed by atoms with Crippen LogP contribution in [-0.2, 0) is 9.59 Å². The van der Waals surface area contributed by atoms with Crippen molar-refractivity contribution in [1.82, 2.24) is 5.32 Å². The van der Waals surface area contributed by atoms with Crippen LogP contribution in [0.25, 0.3) is 0 Å². The number of ketones is 1. The predicted molar refractivity (Wildman–Crippen MR) is 87.8 cm³/mol. The van der Waals surface area contributed by atoms with Gasteiger partial charge in [0.1, 0.15) is 5.92 Å². The Kier molecular flexibility index (Phi) is 4.57. The summed E-state index contributed by atoms with van der Waals surface area (Å²) in [5.74, 6) is -3.51. The third kappa shape index (κ3) is 3.14. The summed E-state index contributed by atoms with van der Waals surface area (Å²) in [6, 6.07) is 3.06. The number of alkyl halides is 3. The second-order valence-electron chi connectivity index (χ2n) is 6.81. The summed E-state index contributed by atoms with van der Waals surface area (Å²) in [4.78, 5) is 25.4. The summed E-state index contributed by atoms with van der Waals surface area (Å²) in [6.07, 6.45) is -4.67. The molecule has 136 valence electrons. The average molecular weight is 394 g/mol. The van der Waals surface area contributed by atoms with E-state index >= 15 is 0 Å². The molecule has 1 N–H and O–H groups in total. The third-order valence-electron chi connectivity index (χ3n) is 5.25. The number of nitrogens with one attached hydrogen (secondary N) is 1. The zero-order valence-electron chi connectivity index (χ0n) is 13.3. The first-order valence-electron chi connectivity index (χ1n) is 7.94. The Morgan fingerprint density at radius 2 is 1.72 bits per heavy atom. The second-order valence-corrected chi connectivity index (χ2v) is 7.62. The summed E-state index contributed by atoms with van der Waals surface area (Å²) < 4.78 is 38.6. The standard InChI is InChI=1S/C17H16Cl2F3NO2/c1-8-6-12(19)10(7-11(8)18)13-14(24)16(23-15(13)25)4-2-9(3-5-16)17(20,21)22/h6-7,9,13H,2-5H2,1H3,(H,23,25). The highest BCUT2D eigenvalue weighted by Gasteiger charge is 2.56. The Labute approximate surface area is 152 Å². The van der Waals surface area contributed by atoms with Crippen LogP contribution >= 0.6 is 23.2 Å². The van der Waals surface area contributed by atoms with Crippen LogP contribution in [0.1, 0.15) is 42.7 Å². The van der Waals surface area contributed by atoms with Gasteiger partial charge in [0.25, 0.3) is 0 Å². The Bertz CT molecular complexity index is 740. The lowest BCUT2D eigenvalue weighted by Gasteiger charge is -2.36. The molecule has 1 saturated carbocycles. The van der Waals surface area contributed by atoms with Gasteiger partial charge in [-0.25, -0.2) is 0 Å². The van der Waals surface area contributed by atoms with Gasteiger partial charge in [0.2, 0.25) is 5.91 Å². The van der Waals surface area contributed by atoms with Crippen LogP contribution in [0.2, 0.25) is 10.0 Å². The highest BCUT2D eigenvalue weighted by atomic mass is 35.5. The van der Waals surface area contributed by atoms with Crippen LogP contribution in [0.4, 0.5) is 13.2 Å². The van der Waals surface area contributed by atoms with Crippen molar-refractivity contribution < 1.29 is 22.8 Å². The Morgan fingerprint density at radius 1 is 1.12 bits per heavy atom. The quantitative estimate of drug-likeness (QED) is 0.709. The van der Waals surface area contributed by atoms with Crippen molar-refractivity contribution in [2.24, 2.45) is 5.92 Å². The van der Waals surface area contributed by atoms with E-state index in [1.807, 2.05) is 0 Å². The van der Waals surface area contributed by atoms with E-state index in [1.54, 1.807) is 13.0 Å². The molecule has 1 heterocycles. The van der Waals surface area contributed by atoms with E-state index in [-0.39, 0.29) is 30.7 Å². The molecule has 3 nitrogen and oxygen atoms in total. The number of benzene rings is 1. The third-order valence-corrected chi connectivity index (χ3v) is 5.98. The molecule has 0 radical (unpaired) electrons. The van der Waals surface area contributed by atoms with Crippen molar-refractivity contribution >= 4 is 34.9 Å². The first kappa shape index (κ1) is 18.5. The first-order chi connectivity index (χ1) is 11.5. The molecular formula is C17H16Cl2F3NO2. The second kappa shape index (κ2) is 6.16. The van der Waals surface area contributed by atoms with Gasteiger partial charge in [-0.2, -0.15) is 13.2 Å². The molecule has 3 rings (SSSR count). The highest BCUT2D eigenvalue weighted by Crippen LogP contribution is 2.46. The number of halogens is 5. The summed E-state index contributed by atoms with van der Waals surface area (Å²) in [5.41, 5.74) is -0.222. The molecule has 1 spiro atoms. The van der Waals surface area contributed by atoms with Gasteiger partial charge in [0.05, 0.1) is 11.5 Å². The lowest BCUT2D eigenvalue weighted by atomic mass is 9.73. The molecule has 2 fully saturated rings. The fourth-order valence-electron chi connectivity index (χ4n) is 3.74. The molecule has 1 unspecified atom stereocenters. The van der Waals surface area contributed by atoms with Gasteiger partial charge in [-0.3, -0.25) is 9.59 Å². The van der Waals surface area contributed by atoms with Crippen molar-refractivity contribution in [2.45, 2.75) is 50.2 Å². The highest BCUT2D eigenvalue weighted by molar-refractivity contribution is 6.35. The van der Waals surface area contributed by atoms with Gasteiger partial charge in [-0.05, 0) is 55.9 Å². The van der Waals surface area contributed by atoms with Gasteiger partial charge in [-0.15, -0.1) is 0 Å². The maximum absolute atomic E-state index is 12.9. The number of carbonyl (C=O) groups is 2. The zero-order valence-corrected chi connectivity index (χ0v) is 14.9. The minimum absolute atomic E-state index is 0.0184. The van der Waals surface area contributed by atoms with E-state index in [9.17, 15) is 22.8 Å². The number of hydrogen-bond acceptors (Lipinski definition) is 2. The van der Waals surface area contributed by atoms with Gasteiger partial charge in [-0.1, -0.05) is 23.2 Å². The Morgan fingerprint density at radius 3 is 2.28 bits per heavy atom. The molecule has 1 aromatic rings. The molecule has 1 atom stereocenters. The first-order valence-corrected chi connectivity index (χ1v) is 8.69. The van der Waals surface area contributed by atoms with E-state index < -0.39 is 35.2 Å². The number of aryl methyl sites for hydroxylation is 1. The van der Waals surface area contributed by atoms with Crippen LogP contribution in [0.5, 0.6) is 0 Å². The topological polar surface area (TPSA) is 46.2 Å². The van der Waals surface area contributed by atoms with Crippen molar-refractivity contribution in [3.63, 3.8) is 0 Å². The maximum atomic E-state index is 12.9. The van der Waals surface area contributed by atoms with Gasteiger partial charge < -0.3 is 5.32 Å². The minimum Gasteiger partial charge on any atom is -0.343 e. The summed E-state index contributed by atoms with van der Waals surface area (Å²) in [5, 5.41) is 3.27. The molecule has 1 aliphatic carbocycles. The SMILES string of the molecule is Cc1cc(Cl)c(C2C(=O)NC3(CCC(C(F)(F)F)CC3)C2=O)cc1Cl. The van der Waals surface area contributed by atoms with Crippen LogP contribution < -0.4 is 5.32 Å². The molecule has 0 aromatic heterocycles. The minimum atomic E-state index is -4.28. The lowest BCUT2D eigenvalue weighted by molar-refractivity contribution is -0.185. The van der Waals surface area contributed by atoms with Gasteiger partial charge in [0, 0.05) is 10.0 Å². The number of rotatable bonds is 1. The molecule has 1 saturated heterocycles. The van der Waals surface area contributed by atoms with Gasteiger partial charge >= 0.3 is 6.18 Å². The van der Waals surface area contributed by atoms with Crippen LogP contribution in [0.3, 0.4) is 0 Å².